The van der Waals surface area contributed by atoms with Gasteiger partial charge < -0.3 is 34.3 Å². The van der Waals surface area contributed by atoms with E-state index in [1.165, 1.54) is 0 Å². The Morgan fingerprint density at radius 1 is 0.982 bits per heavy atom. The zero-order valence-corrected chi connectivity index (χ0v) is 32.7. The highest BCUT2D eigenvalue weighted by Gasteiger charge is 2.66. The Morgan fingerprint density at radius 3 is 2.40 bits per heavy atom. The van der Waals surface area contributed by atoms with Crippen LogP contribution in [0.15, 0.2) is 103 Å². The van der Waals surface area contributed by atoms with Crippen molar-refractivity contribution in [2.24, 2.45) is 5.92 Å². The van der Waals surface area contributed by atoms with Gasteiger partial charge in [-0.15, -0.1) is 5.10 Å². The second-order valence-corrected chi connectivity index (χ2v) is 18.8. The smallest absolute Gasteiger partial charge is 0.264 e. The first-order valence-corrected chi connectivity index (χ1v) is 21.5. The van der Waals surface area contributed by atoms with Crippen LogP contribution in [-0.4, -0.2) is 72.0 Å². The number of carbonyl (C=O) groups is 2. The number of hydrogen-bond acceptors (Lipinski definition) is 9. The van der Waals surface area contributed by atoms with Crippen LogP contribution in [0.4, 0.5) is 11.4 Å². The van der Waals surface area contributed by atoms with Crippen LogP contribution in [0.3, 0.4) is 0 Å². The van der Waals surface area contributed by atoms with Crippen LogP contribution in [0.25, 0.3) is 0 Å². The molecule has 7 rings (SSSR count). The van der Waals surface area contributed by atoms with E-state index in [0.29, 0.717) is 52.7 Å². The molecule has 1 unspecified atom stereocenters. The Bertz CT molecular complexity index is 2160. The maximum absolute atomic E-state index is 15.0. The number of methoxy groups -OCH3 is 2. The van der Waals surface area contributed by atoms with Gasteiger partial charge in [-0.2, -0.15) is 0 Å². The van der Waals surface area contributed by atoms with Gasteiger partial charge in [0.15, 0.2) is 13.9 Å². The van der Waals surface area contributed by atoms with Crippen LogP contribution in [0.5, 0.6) is 11.5 Å². The maximum Gasteiger partial charge on any atom is 0.264 e. The Balaban J connectivity index is 1.15. The first kappa shape index (κ1) is 38.0. The van der Waals surface area contributed by atoms with Gasteiger partial charge in [0.25, 0.3) is 11.8 Å². The Morgan fingerprint density at radius 2 is 1.71 bits per heavy atom. The lowest BCUT2D eigenvalue weighted by molar-refractivity contribution is -0.146. The average Bonchev–Trinajstić information content (AvgIpc) is 3.84. The third kappa shape index (κ3) is 7.28. The lowest BCUT2D eigenvalue weighted by atomic mass is 9.82. The zero-order valence-electron chi connectivity index (χ0n) is 31.7. The molecular formula is C42H47N5O7Si. The van der Waals surface area contributed by atoms with Crippen LogP contribution < -0.4 is 19.7 Å². The molecule has 2 aliphatic rings. The summed E-state index contributed by atoms with van der Waals surface area (Å²) >= 11 is 0. The fourth-order valence-electron chi connectivity index (χ4n) is 8.38. The highest BCUT2D eigenvalue weighted by Crippen LogP contribution is 2.60. The molecule has 0 radical (unpaired) electrons. The molecule has 13 heteroatoms. The number of benzene rings is 4. The number of anilines is 2. The first-order chi connectivity index (χ1) is 26.5. The van der Waals surface area contributed by atoms with E-state index in [4.69, 9.17) is 14.2 Å². The summed E-state index contributed by atoms with van der Waals surface area (Å²) in [6, 6.07) is 29.6. The number of ether oxygens (including phenoxy) is 3. The van der Waals surface area contributed by atoms with E-state index in [0.717, 1.165) is 11.1 Å². The molecule has 3 heterocycles. The molecule has 5 atom stereocenters. The van der Waals surface area contributed by atoms with Crippen molar-refractivity contribution in [1.82, 2.24) is 15.0 Å². The van der Waals surface area contributed by atoms with Crippen molar-refractivity contribution in [2.75, 3.05) is 31.0 Å². The minimum absolute atomic E-state index is 0.106. The van der Waals surface area contributed by atoms with E-state index in [2.05, 4.69) is 15.6 Å². The molecule has 5 aromatic rings. The van der Waals surface area contributed by atoms with E-state index in [-0.39, 0.29) is 42.3 Å². The molecule has 286 valence electrons. The SMILES string of the molecule is COc1ccc(C(=O)Nc2cccc(CN3C(=O)[C@]4(O[C@H](CCn5cc(C(CO)c6ccccc6)nn5)[C@@H]([Si](C)(C)O)[C@@H]4C)c4cc(OC)ccc43)c2)cc1. The number of nitrogens with one attached hydrogen (secondary N) is 1. The van der Waals surface area contributed by atoms with E-state index >= 15 is 4.79 Å². The van der Waals surface area contributed by atoms with Crippen LogP contribution in [0, 0.1) is 5.92 Å². The van der Waals surface area contributed by atoms with Crippen molar-refractivity contribution in [3.63, 3.8) is 0 Å². The molecule has 4 aromatic carbocycles. The van der Waals surface area contributed by atoms with Gasteiger partial charge in [-0.1, -0.05) is 54.6 Å². The van der Waals surface area contributed by atoms with Crippen molar-refractivity contribution >= 4 is 31.5 Å². The van der Waals surface area contributed by atoms with E-state index < -0.39 is 20.0 Å². The molecule has 2 aliphatic heterocycles. The average molecular weight is 762 g/mol. The van der Waals surface area contributed by atoms with Gasteiger partial charge in [-0.25, -0.2) is 0 Å². The van der Waals surface area contributed by atoms with Crippen molar-refractivity contribution in [3.05, 3.63) is 131 Å². The number of rotatable bonds is 13. The molecule has 0 saturated carbocycles. The molecule has 2 amide bonds. The number of amides is 2. The summed E-state index contributed by atoms with van der Waals surface area (Å²) in [7, 11) is 0.244. The second kappa shape index (κ2) is 15.4. The van der Waals surface area contributed by atoms with Gasteiger partial charge in [-0.3, -0.25) is 14.3 Å². The van der Waals surface area contributed by atoms with E-state index in [9.17, 15) is 14.7 Å². The molecule has 12 nitrogen and oxygen atoms in total. The van der Waals surface area contributed by atoms with Crippen molar-refractivity contribution in [3.8, 4) is 11.5 Å². The molecule has 1 fully saturated rings. The lowest BCUT2D eigenvalue weighted by Crippen LogP contribution is -2.46. The number of nitrogens with zero attached hydrogens (tertiary/aromatic N) is 4. The van der Waals surface area contributed by atoms with Crippen LogP contribution >= 0.6 is 0 Å². The molecule has 0 aliphatic carbocycles. The highest BCUT2D eigenvalue weighted by molar-refractivity contribution is 6.71. The third-order valence-electron chi connectivity index (χ3n) is 11.0. The fraction of sp³-hybridized carbons (Fsp3) is 0.333. The molecule has 55 heavy (non-hydrogen) atoms. The minimum atomic E-state index is -2.92. The van der Waals surface area contributed by atoms with Gasteiger partial charge in [0.2, 0.25) is 0 Å². The summed E-state index contributed by atoms with van der Waals surface area (Å²) in [5.41, 5.74) is 3.26. The molecule has 3 N–H and O–H groups in total. The van der Waals surface area contributed by atoms with Crippen LogP contribution in [-0.2, 0) is 28.2 Å². The molecule has 1 spiro atoms. The number of carbonyl (C=O) groups excluding carboxylic acids is 2. The van der Waals surface area contributed by atoms with Crippen molar-refractivity contribution in [2.45, 2.75) is 62.7 Å². The first-order valence-electron chi connectivity index (χ1n) is 18.5. The number of aryl methyl sites for hydroxylation is 1. The van der Waals surface area contributed by atoms with Gasteiger partial charge in [0.1, 0.15) is 11.5 Å². The maximum atomic E-state index is 15.0. The summed E-state index contributed by atoms with van der Waals surface area (Å²) < 4.78 is 19.6. The van der Waals surface area contributed by atoms with Gasteiger partial charge >= 0.3 is 0 Å². The minimum Gasteiger partial charge on any atom is -0.497 e. The Kier molecular flexibility index (Phi) is 10.6. The van der Waals surface area contributed by atoms with E-state index in [1.807, 2.05) is 99.0 Å². The summed E-state index contributed by atoms with van der Waals surface area (Å²) in [5, 5.41) is 21.9. The summed E-state index contributed by atoms with van der Waals surface area (Å²) in [6.07, 6.45) is 1.86. The number of aliphatic hydroxyl groups excluding tert-OH is 1. The second-order valence-electron chi connectivity index (χ2n) is 14.9. The van der Waals surface area contributed by atoms with E-state index in [1.54, 1.807) is 48.1 Å². The largest absolute Gasteiger partial charge is 0.497 e. The molecule has 1 aromatic heterocycles. The Labute approximate surface area is 321 Å². The third-order valence-corrected chi connectivity index (χ3v) is 13.5. The predicted octanol–water partition coefficient (Wildman–Crippen LogP) is 6.11. The molecule has 0 bridgehead atoms. The standard InChI is InChI=1S/C42H47N5O7Si/c1-27-39(55(4,5)51)38(20-21-46-25-36(44-45-46)34(26-48)29-11-7-6-8-12-29)54-42(27)35-23-33(53-3)18-19-37(35)47(41(42)50)24-28-10-9-13-31(22-28)43-40(49)30-14-16-32(52-2)17-15-30/h6-19,22-23,25,27,34,38-39,48,51H,20-21,24,26H2,1-5H3,(H,43,49)/t27-,34?,38+,39-,42+/m0/s1. The predicted molar refractivity (Wildman–Crippen MR) is 211 cm³/mol. The lowest BCUT2D eigenvalue weighted by Gasteiger charge is -2.32. The normalized spacial score (nSPS) is 21.1. The quantitative estimate of drug-likeness (QED) is 0.121. The Hall–Kier alpha value is -5.34. The summed E-state index contributed by atoms with van der Waals surface area (Å²) in [4.78, 5) is 41.6. The summed E-state index contributed by atoms with van der Waals surface area (Å²) in [6.45, 7) is 6.37. The van der Waals surface area contributed by atoms with Gasteiger partial charge in [0, 0.05) is 41.0 Å². The van der Waals surface area contributed by atoms with Crippen molar-refractivity contribution < 1.29 is 33.7 Å². The zero-order chi connectivity index (χ0) is 38.9. The van der Waals surface area contributed by atoms with Crippen LogP contribution in [0.1, 0.15) is 52.0 Å². The molecule has 1 saturated heterocycles. The van der Waals surface area contributed by atoms with Crippen LogP contribution in [0.2, 0.25) is 18.6 Å². The summed E-state index contributed by atoms with van der Waals surface area (Å²) in [5.74, 6) is 0.105. The number of hydrogen-bond donors (Lipinski definition) is 3. The van der Waals surface area contributed by atoms with Crippen molar-refractivity contribution in [1.29, 1.82) is 0 Å². The number of aromatic nitrogens is 3. The topological polar surface area (TPSA) is 148 Å². The van der Waals surface area contributed by atoms with Gasteiger partial charge in [0.05, 0.1) is 50.8 Å². The molecular weight excluding hydrogens is 715 g/mol. The number of aliphatic hydroxyl groups is 1. The number of fused-ring (bicyclic) bond motifs is 2. The highest BCUT2D eigenvalue weighted by atomic mass is 28.4. The fourth-order valence-corrected chi connectivity index (χ4v) is 11.0. The monoisotopic (exact) mass is 761 g/mol. The van der Waals surface area contributed by atoms with Gasteiger partial charge in [-0.05, 0) is 85.2 Å².